The first-order valence-corrected chi connectivity index (χ1v) is 5.16. The third-order valence-corrected chi connectivity index (χ3v) is 2.57. The highest BCUT2D eigenvalue weighted by atomic mass is 16.1. The van der Waals surface area contributed by atoms with Gasteiger partial charge in [0.2, 0.25) is 5.91 Å². The molecular formula is C10H17N3O. The van der Waals surface area contributed by atoms with E-state index in [9.17, 15) is 4.79 Å². The normalized spacial score (nSPS) is 23.7. The van der Waals surface area contributed by atoms with Crippen molar-refractivity contribution in [3.8, 4) is 6.07 Å². The van der Waals surface area contributed by atoms with Crippen LogP contribution in [-0.4, -0.2) is 24.5 Å². The zero-order valence-corrected chi connectivity index (χ0v) is 8.55. The maximum Gasteiger partial charge on any atom is 0.220 e. The Labute approximate surface area is 84.7 Å². The van der Waals surface area contributed by atoms with Crippen molar-refractivity contribution in [2.45, 2.75) is 44.7 Å². The van der Waals surface area contributed by atoms with Crippen LogP contribution in [0.5, 0.6) is 0 Å². The van der Waals surface area contributed by atoms with Crippen LogP contribution in [0, 0.1) is 11.3 Å². The number of hydrogen-bond acceptors (Lipinski definition) is 3. The average Bonchev–Trinajstić information content (AvgIpc) is 2.20. The van der Waals surface area contributed by atoms with Crippen molar-refractivity contribution in [3.05, 3.63) is 0 Å². The molecule has 4 nitrogen and oxygen atoms in total. The lowest BCUT2D eigenvalue weighted by molar-refractivity contribution is -0.122. The van der Waals surface area contributed by atoms with Gasteiger partial charge in [-0.15, -0.1) is 0 Å². The van der Waals surface area contributed by atoms with E-state index in [1.54, 1.807) is 0 Å². The van der Waals surface area contributed by atoms with Gasteiger partial charge in [-0.25, -0.2) is 0 Å². The number of amides is 1. The van der Waals surface area contributed by atoms with E-state index in [-0.39, 0.29) is 11.9 Å². The number of nitriles is 1. The monoisotopic (exact) mass is 195 g/mol. The van der Waals surface area contributed by atoms with Crippen LogP contribution < -0.4 is 10.6 Å². The zero-order chi connectivity index (χ0) is 10.4. The van der Waals surface area contributed by atoms with E-state index >= 15 is 0 Å². The molecule has 0 bridgehead atoms. The van der Waals surface area contributed by atoms with Crippen LogP contribution in [0.15, 0.2) is 0 Å². The molecule has 0 saturated carbocycles. The van der Waals surface area contributed by atoms with Crippen molar-refractivity contribution in [1.82, 2.24) is 10.6 Å². The summed E-state index contributed by atoms with van der Waals surface area (Å²) in [7, 11) is 0. The number of nitrogens with zero attached hydrogens (tertiary/aromatic N) is 1. The van der Waals surface area contributed by atoms with Crippen molar-refractivity contribution in [2.24, 2.45) is 0 Å². The van der Waals surface area contributed by atoms with E-state index in [2.05, 4.69) is 23.6 Å². The minimum atomic E-state index is 0.136. The van der Waals surface area contributed by atoms with Gasteiger partial charge in [0.05, 0.1) is 12.5 Å². The Bertz CT molecular complexity index is 224. The molecule has 1 aliphatic heterocycles. The number of rotatable bonds is 4. The van der Waals surface area contributed by atoms with Gasteiger partial charge in [-0.3, -0.25) is 4.79 Å². The van der Waals surface area contributed by atoms with Crippen LogP contribution in [-0.2, 0) is 4.79 Å². The van der Waals surface area contributed by atoms with E-state index in [0.29, 0.717) is 25.4 Å². The molecule has 4 heteroatoms. The highest BCUT2D eigenvalue weighted by Crippen LogP contribution is 2.06. The summed E-state index contributed by atoms with van der Waals surface area (Å²) in [5.41, 5.74) is 0. The lowest BCUT2D eigenvalue weighted by Gasteiger charge is -2.27. The Morgan fingerprint density at radius 1 is 1.79 bits per heavy atom. The van der Waals surface area contributed by atoms with Crippen molar-refractivity contribution < 1.29 is 4.79 Å². The van der Waals surface area contributed by atoms with Gasteiger partial charge in [0, 0.05) is 25.0 Å². The highest BCUT2D eigenvalue weighted by Gasteiger charge is 2.19. The molecule has 0 aromatic carbocycles. The van der Waals surface area contributed by atoms with E-state index in [4.69, 9.17) is 5.26 Å². The molecular weight excluding hydrogens is 178 g/mol. The zero-order valence-electron chi connectivity index (χ0n) is 8.55. The van der Waals surface area contributed by atoms with E-state index < -0.39 is 0 Å². The highest BCUT2D eigenvalue weighted by molar-refractivity contribution is 5.76. The van der Waals surface area contributed by atoms with Gasteiger partial charge in [0.15, 0.2) is 0 Å². The number of nitrogens with one attached hydrogen (secondary N) is 2. The van der Waals surface area contributed by atoms with Crippen LogP contribution in [0.4, 0.5) is 0 Å². The quantitative estimate of drug-likeness (QED) is 0.688. The first-order valence-electron chi connectivity index (χ1n) is 5.16. The predicted octanol–water partition coefficient (Wildman–Crippen LogP) is 0.547. The second-order valence-electron chi connectivity index (χ2n) is 3.67. The number of hydrogen-bond donors (Lipinski definition) is 2. The molecule has 0 spiro atoms. The van der Waals surface area contributed by atoms with E-state index in [1.165, 1.54) is 0 Å². The molecule has 1 fully saturated rings. The Morgan fingerprint density at radius 3 is 3.07 bits per heavy atom. The summed E-state index contributed by atoms with van der Waals surface area (Å²) in [4.78, 5) is 10.9. The lowest BCUT2D eigenvalue weighted by Crippen LogP contribution is -2.49. The molecule has 0 aromatic rings. The second kappa shape index (κ2) is 5.61. The van der Waals surface area contributed by atoms with Gasteiger partial charge in [-0.2, -0.15) is 5.26 Å². The molecule has 1 saturated heterocycles. The third-order valence-electron chi connectivity index (χ3n) is 2.57. The summed E-state index contributed by atoms with van der Waals surface area (Å²) < 4.78 is 0. The minimum Gasteiger partial charge on any atom is -0.355 e. The summed E-state index contributed by atoms with van der Waals surface area (Å²) in [5.74, 6) is 0.136. The van der Waals surface area contributed by atoms with Crippen LogP contribution in [0.3, 0.4) is 0 Å². The largest absolute Gasteiger partial charge is 0.355 e. The SMILES string of the molecule is CCC(CC#N)NC1CCC(=O)NC1. The smallest absolute Gasteiger partial charge is 0.220 e. The molecule has 2 unspecified atom stereocenters. The number of carbonyl (C=O) groups is 1. The van der Waals surface area contributed by atoms with Crippen LogP contribution in [0.25, 0.3) is 0 Å². The Kier molecular flexibility index (Phi) is 4.41. The van der Waals surface area contributed by atoms with Gasteiger partial charge in [0.25, 0.3) is 0 Å². The lowest BCUT2D eigenvalue weighted by atomic mass is 10.0. The third kappa shape index (κ3) is 3.35. The standard InChI is InChI=1S/C10H17N3O/c1-2-8(5-6-11)13-9-3-4-10(14)12-7-9/h8-9,13H,2-5,7H2,1H3,(H,12,14). The maximum absolute atomic E-state index is 10.9. The number of piperidine rings is 1. The molecule has 2 atom stereocenters. The fourth-order valence-corrected chi connectivity index (χ4v) is 1.64. The minimum absolute atomic E-state index is 0.136. The number of carbonyl (C=O) groups excluding carboxylic acids is 1. The first-order chi connectivity index (χ1) is 6.76. The molecule has 14 heavy (non-hydrogen) atoms. The molecule has 0 aromatic heterocycles. The van der Waals surface area contributed by atoms with Crippen molar-refractivity contribution >= 4 is 5.91 Å². The predicted molar refractivity (Wildman–Crippen MR) is 53.5 cm³/mol. The summed E-state index contributed by atoms with van der Waals surface area (Å²) in [5, 5.41) is 14.8. The summed E-state index contributed by atoms with van der Waals surface area (Å²) >= 11 is 0. The van der Waals surface area contributed by atoms with Gasteiger partial charge >= 0.3 is 0 Å². The fraction of sp³-hybridized carbons (Fsp3) is 0.800. The van der Waals surface area contributed by atoms with Crippen molar-refractivity contribution in [3.63, 3.8) is 0 Å². The van der Waals surface area contributed by atoms with Gasteiger partial charge in [-0.05, 0) is 12.8 Å². The molecule has 78 valence electrons. The molecule has 0 radical (unpaired) electrons. The summed E-state index contributed by atoms with van der Waals surface area (Å²) in [6.07, 6.45) is 2.98. The Balaban J connectivity index is 2.29. The molecule has 2 N–H and O–H groups in total. The van der Waals surface area contributed by atoms with E-state index in [0.717, 1.165) is 12.8 Å². The summed E-state index contributed by atoms with van der Waals surface area (Å²) in [6, 6.07) is 2.77. The van der Waals surface area contributed by atoms with Gasteiger partial charge in [-0.1, -0.05) is 6.92 Å². The fourth-order valence-electron chi connectivity index (χ4n) is 1.64. The maximum atomic E-state index is 10.9. The molecule has 1 heterocycles. The summed E-state index contributed by atoms with van der Waals surface area (Å²) in [6.45, 7) is 2.76. The van der Waals surface area contributed by atoms with Crippen molar-refractivity contribution in [2.75, 3.05) is 6.54 Å². The second-order valence-corrected chi connectivity index (χ2v) is 3.67. The van der Waals surface area contributed by atoms with E-state index in [1.807, 2.05) is 0 Å². The Hall–Kier alpha value is -1.08. The first kappa shape index (κ1) is 11.0. The topological polar surface area (TPSA) is 64.9 Å². The van der Waals surface area contributed by atoms with Crippen LogP contribution in [0.2, 0.25) is 0 Å². The van der Waals surface area contributed by atoms with Gasteiger partial charge in [0.1, 0.15) is 0 Å². The van der Waals surface area contributed by atoms with Crippen molar-refractivity contribution in [1.29, 1.82) is 5.26 Å². The molecule has 1 amide bonds. The van der Waals surface area contributed by atoms with Gasteiger partial charge < -0.3 is 10.6 Å². The molecule has 1 rings (SSSR count). The molecule has 1 aliphatic rings. The molecule has 0 aliphatic carbocycles. The Morgan fingerprint density at radius 2 is 2.57 bits per heavy atom. The van der Waals surface area contributed by atoms with Crippen LogP contribution in [0.1, 0.15) is 32.6 Å². The van der Waals surface area contributed by atoms with Crippen LogP contribution >= 0.6 is 0 Å². The average molecular weight is 195 g/mol.